The highest BCUT2D eigenvalue weighted by Crippen LogP contribution is 2.09. The quantitative estimate of drug-likeness (QED) is 0.461. The predicted molar refractivity (Wildman–Crippen MR) is 103 cm³/mol. The molecule has 0 fully saturated rings. The summed E-state index contributed by atoms with van der Waals surface area (Å²) in [6.45, 7) is 2.81. The largest absolute Gasteiger partial charge is 0.376 e. The van der Waals surface area contributed by atoms with E-state index in [2.05, 4.69) is 11.4 Å². The van der Waals surface area contributed by atoms with Gasteiger partial charge in [0, 0.05) is 12.1 Å². The maximum atomic E-state index is 12.1. The van der Waals surface area contributed by atoms with Crippen LogP contribution in [-0.2, 0) is 9.53 Å². The van der Waals surface area contributed by atoms with E-state index in [0.717, 1.165) is 17.6 Å². The number of rotatable bonds is 9. The third-order valence-corrected chi connectivity index (χ3v) is 4.23. The Morgan fingerprint density at radius 2 is 2.00 bits per heavy atom. The van der Waals surface area contributed by atoms with Gasteiger partial charge in [0.1, 0.15) is 0 Å². The first-order chi connectivity index (χ1) is 13.1. The third-order valence-electron chi connectivity index (χ3n) is 4.23. The van der Waals surface area contributed by atoms with Crippen molar-refractivity contribution in [2.75, 3.05) is 19.8 Å². The highest BCUT2D eigenvalue weighted by Gasteiger charge is 2.19. The van der Waals surface area contributed by atoms with Gasteiger partial charge in [-0.25, -0.2) is 5.48 Å². The van der Waals surface area contributed by atoms with E-state index in [4.69, 9.17) is 9.94 Å². The van der Waals surface area contributed by atoms with Crippen molar-refractivity contribution in [3.05, 3.63) is 71.3 Å². The van der Waals surface area contributed by atoms with Gasteiger partial charge < -0.3 is 10.1 Å². The smallest absolute Gasteiger partial charge is 0.251 e. The van der Waals surface area contributed by atoms with Crippen LogP contribution in [0.2, 0.25) is 0 Å². The number of aryl methyl sites for hydroxylation is 1. The number of allylic oxidation sites excluding steroid dienone is 4. The van der Waals surface area contributed by atoms with Gasteiger partial charge in [0.05, 0.1) is 19.1 Å². The lowest BCUT2D eigenvalue weighted by atomic mass is 10.1. The normalized spacial score (nSPS) is 14.2. The molecule has 1 aliphatic rings. The van der Waals surface area contributed by atoms with Crippen LogP contribution in [0, 0.1) is 12.8 Å². The van der Waals surface area contributed by atoms with Crippen LogP contribution in [0.15, 0.2) is 60.2 Å². The number of hydroxylamine groups is 1. The maximum Gasteiger partial charge on any atom is 0.251 e. The van der Waals surface area contributed by atoms with Crippen LogP contribution in [0.5, 0.6) is 0 Å². The van der Waals surface area contributed by atoms with Crippen molar-refractivity contribution in [3.63, 3.8) is 0 Å². The molecule has 2 amide bonds. The first-order valence-electron chi connectivity index (χ1n) is 8.99. The van der Waals surface area contributed by atoms with E-state index in [-0.39, 0.29) is 12.5 Å². The average molecular weight is 370 g/mol. The second-order valence-electron chi connectivity index (χ2n) is 6.40. The van der Waals surface area contributed by atoms with Crippen molar-refractivity contribution < 1.29 is 19.5 Å². The summed E-state index contributed by atoms with van der Waals surface area (Å²) in [5, 5.41) is 11.7. The van der Waals surface area contributed by atoms with Gasteiger partial charge >= 0.3 is 0 Å². The molecular formula is C21H26N2O4. The van der Waals surface area contributed by atoms with Gasteiger partial charge in [0.25, 0.3) is 5.91 Å². The molecule has 1 unspecified atom stereocenters. The molecule has 0 aliphatic heterocycles. The van der Waals surface area contributed by atoms with E-state index in [1.165, 1.54) is 0 Å². The summed E-state index contributed by atoms with van der Waals surface area (Å²) >= 11 is 0. The van der Waals surface area contributed by atoms with Gasteiger partial charge in [0.15, 0.2) is 0 Å². The van der Waals surface area contributed by atoms with Gasteiger partial charge in [-0.1, -0.05) is 48.1 Å². The molecule has 1 aliphatic carbocycles. The number of nitrogens with one attached hydrogen (secondary N) is 2. The van der Waals surface area contributed by atoms with Crippen molar-refractivity contribution in [2.24, 2.45) is 5.92 Å². The molecule has 0 aromatic heterocycles. The third kappa shape index (κ3) is 7.21. The molecular weight excluding hydrogens is 344 g/mol. The Kier molecular flexibility index (Phi) is 8.48. The highest BCUT2D eigenvalue weighted by molar-refractivity contribution is 5.94. The van der Waals surface area contributed by atoms with Gasteiger partial charge in [0.2, 0.25) is 5.91 Å². The second kappa shape index (κ2) is 11.1. The SMILES string of the molecule is Cc1ccc(C(=O)NCCC(COCC2=CCC=CC=C2)C(=O)NO)cc1. The van der Waals surface area contributed by atoms with E-state index >= 15 is 0 Å². The van der Waals surface area contributed by atoms with Crippen LogP contribution in [-0.4, -0.2) is 36.8 Å². The molecule has 3 N–H and O–H groups in total. The van der Waals surface area contributed by atoms with E-state index in [1.54, 1.807) is 17.6 Å². The van der Waals surface area contributed by atoms with Crippen molar-refractivity contribution in [3.8, 4) is 0 Å². The fourth-order valence-electron chi connectivity index (χ4n) is 2.60. The Hall–Kier alpha value is -2.70. The number of hydrogen-bond acceptors (Lipinski definition) is 4. The molecule has 0 saturated heterocycles. The molecule has 0 spiro atoms. The molecule has 0 bridgehead atoms. The summed E-state index contributed by atoms with van der Waals surface area (Å²) < 4.78 is 5.64. The molecule has 1 atom stereocenters. The fourth-order valence-corrected chi connectivity index (χ4v) is 2.60. The molecule has 27 heavy (non-hydrogen) atoms. The summed E-state index contributed by atoms with van der Waals surface area (Å²) in [6, 6.07) is 7.26. The number of carbonyl (C=O) groups excluding carboxylic acids is 2. The molecule has 1 aromatic rings. The van der Waals surface area contributed by atoms with Crippen LogP contribution >= 0.6 is 0 Å². The van der Waals surface area contributed by atoms with Crippen LogP contribution in [0.4, 0.5) is 0 Å². The number of hydrogen-bond donors (Lipinski definition) is 3. The molecule has 0 saturated carbocycles. The minimum Gasteiger partial charge on any atom is -0.376 e. The van der Waals surface area contributed by atoms with Gasteiger partial charge in [-0.05, 0) is 37.5 Å². The number of ether oxygens (including phenoxy) is 1. The Morgan fingerprint density at radius 1 is 1.22 bits per heavy atom. The molecule has 6 nitrogen and oxygen atoms in total. The number of amides is 2. The summed E-state index contributed by atoms with van der Waals surface area (Å²) in [7, 11) is 0. The van der Waals surface area contributed by atoms with E-state index in [9.17, 15) is 9.59 Å². The summed E-state index contributed by atoms with van der Waals surface area (Å²) in [4.78, 5) is 24.0. The van der Waals surface area contributed by atoms with Crippen molar-refractivity contribution in [1.29, 1.82) is 0 Å². The second-order valence-corrected chi connectivity index (χ2v) is 6.40. The van der Waals surface area contributed by atoms with E-state index < -0.39 is 11.8 Å². The van der Waals surface area contributed by atoms with Crippen molar-refractivity contribution in [2.45, 2.75) is 19.8 Å². The van der Waals surface area contributed by atoms with Crippen LogP contribution in [0.3, 0.4) is 0 Å². The Balaban J connectivity index is 1.78. The summed E-state index contributed by atoms with van der Waals surface area (Å²) in [6.07, 6.45) is 11.2. The van der Waals surface area contributed by atoms with Crippen molar-refractivity contribution in [1.82, 2.24) is 10.8 Å². The van der Waals surface area contributed by atoms with Crippen LogP contribution in [0.1, 0.15) is 28.8 Å². The molecule has 2 rings (SSSR count). The fraction of sp³-hybridized carbons (Fsp3) is 0.333. The lowest BCUT2D eigenvalue weighted by Gasteiger charge is -2.16. The standard InChI is InChI=1S/C21H26N2O4/c1-16-8-10-18(11-9-16)20(24)22-13-12-19(21(25)23-26)15-27-14-17-6-4-2-3-5-7-17/h2-4,6-11,19,26H,5,12-15H2,1H3,(H,22,24)(H,23,25). The minimum absolute atomic E-state index is 0.158. The zero-order valence-electron chi connectivity index (χ0n) is 15.5. The summed E-state index contributed by atoms with van der Waals surface area (Å²) in [5.74, 6) is -1.27. The molecule has 0 radical (unpaired) electrons. The summed E-state index contributed by atoms with van der Waals surface area (Å²) in [5.41, 5.74) is 4.36. The first kappa shape index (κ1) is 20.6. The number of benzene rings is 1. The highest BCUT2D eigenvalue weighted by atomic mass is 16.5. The zero-order valence-corrected chi connectivity index (χ0v) is 15.5. The van der Waals surface area contributed by atoms with E-state index in [0.29, 0.717) is 25.1 Å². The van der Waals surface area contributed by atoms with Gasteiger partial charge in [-0.2, -0.15) is 0 Å². The monoisotopic (exact) mass is 370 g/mol. The average Bonchev–Trinajstić information content (AvgIpc) is 2.95. The van der Waals surface area contributed by atoms with Crippen LogP contribution in [0.25, 0.3) is 0 Å². The zero-order chi connectivity index (χ0) is 19.5. The lowest BCUT2D eigenvalue weighted by molar-refractivity contribution is -0.135. The Labute approximate surface area is 159 Å². The topological polar surface area (TPSA) is 87.7 Å². The first-order valence-corrected chi connectivity index (χ1v) is 8.99. The van der Waals surface area contributed by atoms with E-state index in [1.807, 2.05) is 43.4 Å². The minimum atomic E-state index is -0.554. The molecule has 0 heterocycles. The number of carbonyl (C=O) groups is 2. The Bertz CT molecular complexity index is 720. The van der Waals surface area contributed by atoms with Crippen molar-refractivity contribution >= 4 is 11.8 Å². The lowest BCUT2D eigenvalue weighted by Crippen LogP contribution is -2.35. The maximum absolute atomic E-state index is 12.1. The Morgan fingerprint density at radius 3 is 2.74 bits per heavy atom. The van der Waals surface area contributed by atoms with Crippen LogP contribution < -0.4 is 10.8 Å². The van der Waals surface area contributed by atoms with Gasteiger partial charge in [-0.15, -0.1) is 0 Å². The molecule has 6 heteroatoms. The predicted octanol–water partition coefficient (Wildman–Crippen LogP) is 2.70. The van der Waals surface area contributed by atoms with Gasteiger partial charge in [-0.3, -0.25) is 14.8 Å². The molecule has 144 valence electrons. The molecule has 1 aromatic carbocycles.